The smallest absolute Gasteiger partial charge is 0.260 e. The first-order valence-corrected chi connectivity index (χ1v) is 6.16. The van der Waals surface area contributed by atoms with Crippen LogP contribution in [0, 0.1) is 0 Å². The molecular weight excluding hydrogens is 320 g/mol. The molecule has 6 heteroatoms. The first-order chi connectivity index (χ1) is 8.56. The highest BCUT2D eigenvalue weighted by molar-refractivity contribution is 9.10. The zero-order valence-electron chi connectivity index (χ0n) is 9.02. The third-order valence-electron chi connectivity index (χ3n) is 2.16. The summed E-state index contributed by atoms with van der Waals surface area (Å²) in [6.07, 6.45) is 0. The molecule has 0 aliphatic heterocycles. The van der Waals surface area contributed by atoms with Crippen molar-refractivity contribution in [3.63, 3.8) is 0 Å². The van der Waals surface area contributed by atoms with Crippen LogP contribution in [0.15, 0.2) is 40.9 Å². The molecule has 0 saturated carbocycles. The lowest BCUT2D eigenvalue weighted by molar-refractivity contribution is 0.102. The van der Waals surface area contributed by atoms with Gasteiger partial charge in [0.15, 0.2) is 0 Å². The van der Waals surface area contributed by atoms with Crippen LogP contribution in [0.4, 0.5) is 5.82 Å². The monoisotopic (exact) mass is 326 g/mol. The molecule has 18 heavy (non-hydrogen) atoms. The van der Waals surface area contributed by atoms with E-state index in [0.29, 0.717) is 10.3 Å². The molecule has 0 atom stereocenters. The number of rotatable bonds is 2. The van der Waals surface area contributed by atoms with E-state index in [1.54, 1.807) is 24.3 Å². The molecule has 0 radical (unpaired) electrons. The molecule has 1 aromatic heterocycles. The van der Waals surface area contributed by atoms with Gasteiger partial charge in [-0.25, -0.2) is 4.98 Å². The van der Waals surface area contributed by atoms with E-state index in [2.05, 4.69) is 26.2 Å². The maximum atomic E-state index is 11.9. The third-order valence-corrected chi connectivity index (χ3v) is 2.86. The maximum absolute atomic E-state index is 11.9. The third kappa shape index (κ3) is 3.00. The van der Waals surface area contributed by atoms with Gasteiger partial charge < -0.3 is 10.4 Å². The minimum atomic E-state index is -0.455. The van der Waals surface area contributed by atoms with Gasteiger partial charge in [0.05, 0.1) is 5.56 Å². The van der Waals surface area contributed by atoms with Crippen LogP contribution in [-0.4, -0.2) is 16.0 Å². The molecule has 0 bridgehead atoms. The van der Waals surface area contributed by atoms with Gasteiger partial charge >= 0.3 is 0 Å². The molecule has 0 fully saturated rings. The minimum Gasteiger partial charge on any atom is -0.507 e. The number of amides is 1. The Morgan fingerprint density at radius 3 is 2.83 bits per heavy atom. The van der Waals surface area contributed by atoms with Crippen LogP contribution in [0.3, 0.4) is 0 Å². The number of halogens is 2. The van der Waals surface area contributed by atoms with Crippen LogP contribution >= 0.6 is 27.5 Å². The van der Waals surface area contributed by atoms with Crippen molar-refractivity contribution in [2.24, 2.45) is 0 Å². The highest BCUT2D eigenvalue weighted by Gasteiger charge is 2.12. The van der Waals surface area contributed by atoms with Crippen LogP contribution in [0.1, 0.15) is 10.4 Å². The first kappa shape index (κ1) is 12.9. The minimum absolute atomic E-state index is 0.0993. The van der Waals surface area contributed by atoms with Crippen molar-refractivity contribution >= 4 is 39.3 Å². The second-order valence-corrected chi connectivity index (χ2v) is 4.76. The Hall–Kier alpha value is -1.59. The molecule has 0 unspecified atom stereocenters. The highest BCUT2D eigenvalue weighted by atomic mass is 79.9. The molecule has 92 valence electrons. The number of benzene rings is 1. The van der Waals surface area contributed by atoms with Crippen LogP contribution in [0.25, 0.3) is 0 Å². The zero-order chi connectivity index (χ0) is 13.1. The van der Waals surface area contributed by atoms with Crippen LogP contribution in [0.5, 0.6) is 5.75 Å². The number of pyridine rings is 1. The quantitative estimate of drug-likeness (QED) is 0.830. The average Bonchev–Trinajstić information content (AvgIpc) is 2.32. The Morgan fingerprint density at radius 1 is 1.33 bits per heavy atom. The maximum Gasteiger partial charge on any atom is 0.260 e. The van der Waals surface area contributed by atoms with E-state index in [1.165, 1.54) is 12.1 Å². The van der Waals surface area contributed by atoms with Gasteiger partial charge in [0.1, 0.15) is 16.7 Å². The number of phenolic OH excluding ortho intramolecular Hbond substituents is 1. The summed E-state index contributed by atoms with van der Waals surface area (Å²) in [5.74, 6) is -0.229. The molecule has 4 nitrogen and oxygen atoms in total. The van der Waals surface area contributed by atoms with E-state index in [1.807, 2.05) is 0 Å². The van der Waals surface area contributed by atoms with E-state index >= 15 is 0 Å². The second kappa shape index (κ2) is 5.37. The summed E-state index contributed by atoms with van der Waals surface area (Å²) in [5, 5.41) is 12.4. The van der Waals surface area contributed by atoms with Crippen molar-refractivity contribution in [3.8, 4) is 5.75 Å². The summed E-state index contributed by atoms with van der Waals surface area (Å²) in [6, 6.07) is 9.49. The Kier molecular flexibility index (Phi) is 3.84. The number of nitrogens with zero attached hydrogens (tertiary/aromatic N) is 1. The number of carbonyl (C=O) groups excluding carboxylic acids is 1. The van der Waals surface area contributed by atoms with E-state index in [-0.39, 0.29) is 16.5 Å². The van der Waals surface area contributed by atoms with Crippen molar-refractivity contribution in [1.29, 1.82) is 0 Å². The summed E-state index contributed by atoms with van der Waals surface area (Å²) < 4.78 is 0.699. The van der Waals surface area contributed by atoms with Crippen molar-refractivity contribution in [3.05, 3.63) is 51.6 Å². The number of aromatic hydroxyl groups is 1. The number of nitrogens with one attached hydrogen (secondary N) is 1. The van der Waals surface area contributed by atoms with E-state index in [4.69, 9.17) is 11.6 Å². The van der Waals surface area contributed by atoms with Gasteiger partial charge in [-0.05, 0) is 30.3 Å². The molecule has 0 spiro atoms. The van der Waals surface area contributed by atoms with Crippen molar-refractivity contribution in [1.82, 2.24) is 4.98 Å². The van der Waals surface area contributed by atoms with Gasteiger partial charge in [0.2, 0.25) is 0 Å². The SMILES string of the molecule is O=C(Nc1cccc(Cl)n1)c1cc(Br)ccc1O. The van der Waals surface area contributed by atoms with E-state index < -0.39 is 5.91 Å². The Labute approximate surface area is 117 Å². The number of hydrogen-bond donors (Lipinski definition) is 2. The fourth-order valence-corrected chi connectivity index (χ4v) is 1.88. The fraction of sp³-hybridized carbons (Fsp3) is 0. The Balaban J connectivity index is 2.24. The molecule has 0 saturated heterocycles. The summed E-state index contributed by atoms with van der Waals surface area (Å²) in [5.41, 5.74) is 0.158. The molecule has 1 aromatic carbocycles. The van der Waals surface area contributed by atoms with Gasteiger partial charge in [-0.3, -0.25) is 4.79 Å². The molecule has 2 N–H and O–H groups in total. The van der Waals surface area contributed by atoms with Crippen LogP contribution in [0.2, 0.25) is 5.15 Å². The molecule has 1 amide bonds. The van der Waals surface area contributed by atoms with Gasteiger partial charge in [0, 0.05) is 4.47 Å². The molecule has 0 aliphatic rings. The first-order valence-electron chi connectivity index (χ1n) is 4.98. The van der Waals surface area contributed by atoms with Crippen molar-refractivity contribution in [2.75, 3.05) is 5.32 Å². The predicted octanol–water partition coefficient (Wildman–Crippen LogP) is 3.46. The number of phenols is 1. The molecule has 1 heterocycles. The molecule has 0 aliphatic carbocycles. The largest absolute Gasteiger partial charge is 0.507 e. The molecule has 2 rings (SSSR count). The van der Waals surface area contributed by atoms with Crippen LogP contribution in [-0.2, 0) is 0 Å². The van der Waals surface area contributed by atoms with E-state index in [9.17, 15) is 9.90 Å². The summed E-state index contributed by atoms with van der Waals surface area (Å²) in [4.78, 5) is 15.9. The number of hydrogen-bond acceptors (Lipinski definition) is 3. The Bertz CT molecular complexity index is 604. The lowest BCUT2D eigenvalue weighted by Gasteiger charge is -2.06. The second-order valence-electron chi connectivity index (χ2n) is 3.46. The average molecular weight is 328 g/mol. The summed E-state index contributed by atoms with van der Waals surface area (Å²) in [7, 11) is 0. The van der Waals surface area contributed by atoms with Crippen molar-refractivity contribution in [2.45, 2.75) is 0 Å². The summed E-state index contributed by atoms with van der Waals surface area (Å²) in [6.45, 7) is 0. The molecule has 2 aromatic rings. The number of carbonyl (C=O) groups is 1. The van der Waals surface area contributed by atoms with Gasteiger partial charge in [-0.2, -0.15) is 0 Å². The predicted molar refractivity (Wildman–Crippen MR) is 73.0 cm³/mol. The number of aromatic nitrogens is 1. The fourth-order valence-electron chi connectivity index (χ4n) is 1.35. The van der Waals surface area contributed by atoms with Crippen LogP contribution < -0.4 is 5.32 Å². The lowest BCUT2D eigenvalue weighted by atomic mass is 10.2. The van der Waals surface area contributed by atoms with Crippen molar-refractivity contribution < 1.29 is 9.90 Å². The molecular formula is C12H8BrClN2O2. The van der Waals surface area contributed by atoms with Gasteiger partial charge in [-0.1, -0.05) is 33.6 Å². The Morgan fingerprint density at radius 2 is 2.11 bits per heavy atom. The normalized spacial score (nSPS) is 10.1. The van der Waals surface area contributed by atoms with E-state index in [0.717, 1.165) is 0 Å². The topological polar surface area (TPSA) is 62.2 Å². The number of anilines is 1. The van der Waals surface area contributed by atoms with Gasteiger partial charge in [-0.15, -0.1) is 0 Å². The summed E-state index contributed by atoms with van der Waals surface area (Å²) >= 11 is 8.95. The standard InChI is InChI=1S/C12H8BrClN2O2/c13-7-4-5-9(17)8(6-7)12(18)16-11-3-1-2-10(14)15-11/h1-6,17H,(H,15,16,18). The van der Waals surface area contributed by atoms with Gasteiger partial charge in [0.25, 0.3) is 5.91 Å². The zero-order valence-corrected chi connectivity index (χ0v) is 11.4. The highest BCUT2D eigenvalue weighted by Crippen LogP contribution is 2.22. The lowest BCUT2D eigenvalue weighted by Crippen LogP contribution is -2.13.